The van der Waals surface area contributed by atoms with Crippen molar-refractivity contribution in [1.29, 1.82) is 0 Å². The number of aromatic nitrogens is 2. The van der Waals surface area contributed by atoms with E-state index in [0.717, 1.165) is 12.1 Å². The number of nitrogens with zero attached hydrogens (tertiary/aromatic N) is 2. The van der Waals surface area contributed by atoms with Crippen molar-refractivity contribution in [1.82, 2.24) is 9.78 Å². The van der Waals surface area contributed by atoms with Gasteiger partial charge >= 0.3 is 6.18 Å². The van der Waals surface area contributed by atoms with Crippen molar-refractivity contribution in [3.63, 3.8) is 0 Å². The number of rotatable bonds is 7. The Labute approximate surface area is 167 Å². The molecular formula is C19H23F3N2O4S. The highest BCUT2D eigenvalue weighted by molar-refractivity contribution is 7.92. The molecule has 0 bridgehead atoms. The Morgan fingerprint density at radius 1 is 1.21 bits per heavy atom. The molecule has 10 heteroatoms. The van der Waals surface area contributed by atoms with Gasteiger partial charge in [-0.1, -0.05) is 6.07 Å². The van der Waals surface area contributed by atoms with E-state index < -0.39 is 31.7 Å². The molecule has 1 aliphatic rings. The lowest BCUT2D eigenvalue weighted by atomic mass is 10.1. The molecule has 1 saturated carbocycles. The van der Waals surface area contributed by atoms with E-state index in [1.54, 1.807) is 18.0 Å². The van der Waals surface area contributed by atoms with Crippen LogP contribution in [0.1, 0.15) is 24.8 Å². The summed E-state index contributed by atoms with van der Waals surface area (Å²) in [5.41, 5.74) is -0.433. The summed E-state index contributed by atoms with van der Waals surface area (Å²) in [4.78, 5) is -0.678. The maximum atomic E-state index is 13.7. The standard InChI is InChI=1S/C19H23F3N2O4S/c1-27-8-7-24-12-14(11-23-24)13-3-6-18(17(9-13)19(20,21)22)29(25,26)16-5-4-15(10-16)28-2/h3,6,9,11-12,15-16H,4-5,7-8,10H2,1-2H3/t15-,16+/m0/s1. The van der Waals surface area contributed by atoms with Crippen molar-refractivity contribution in [2.24, 2.45) is 0 Å². The lowest BCUT2D eigenvalue weighted by Crippen LogP contribution is -2.23. The summed E-state index contributed by atoms with van der Waals surface area (Å²) in [5, 5.41) is 3.22. The number of alkyl halides is 3. The van der Waals surface area contributed by atoms with Crippen LogP contribution in [-0.4, -0.2) is 50.4 Å². The Hall–Kier alpha value is -1.91. The normalized spacial score (nSPS) is 20.3. The number of ether oxygens (including phenoxy) is 2. The van der Waals surface area contributed by atoms with E-state index >= 15 is 0 Å². The Morgan fingerprint density at radius 3 is 2.59 bits per heavy atom. The monoisotopic (exact) mass is 432 g/mol. The van der Waals surface area contributed by atoms with Gasteiger partial charge in [0.15, 0.2) is 9.84 Å². The zero-order valence-corrected chi connectivity index (χ0v) is 17.0. The first-order chi connectivity index (χ1) is 13.7. The summed E-state index contributed by atoms with van der Waals surface area (Å²) in [7, 11) is -1.12. The molecule has 2 atom stereocenters. The summed E-state index contributed by atoms with van der Waals surface area (Å²) in [6, 6.07) is 3.33. The Bertz CT molecular complexity index is 957. The smallest absolute Gasteiger partial charge is 0.383 e. The highest BCUT2D eigenvalue weighted by atomic mass is 32.2. The lowest BCUT2D eigenvalue weighted by Gasteiger charge is -2.18. The zero-order valence-electron chi connectivity index (χ0n) is 16.1. The molecule has 0 spiro atoms. The van der Waals surface area contributed by atoms with Crippen molar-refractivity contribution in [2.75, 3.05) is 20.8 Å². The van der Waals surface area contributed by atoms with Crippen molar-refractivity contribution in [3.8, 4) is 11.1 Å². The summed E-state index contributed by atoms with van der Waals surface area (Å²) < 4.78 is 78.8. The van der Waals surface area contributed by atoms with Gasteiger partial charge < -0.3 is 9.47 Å². The van der Waals surface area contributed by atoms with Gasteiger partial charge in [-0.25, -0.2) is 8.42 Å². The molecular weight excluding hydrogens is 409 g/mol. The molecule has 0 amide bonds. The Morgan fingerprint density at radius 2 is 1.97 bits per heavy atom. The zero-order chi connectivity index (χ0) is 21.2. The summed E-state index contributed by atoms with van der Waals surface area (Å²) in [6.45, 7) is 0.868. The van der Waals surface area contributed by atoms with Crippen molar-refractivity contribution in [3.05, 3.63) is 36.2 Å². The van der Waals surface area contributed by atoms with Crippen LogP contribution in [0.5, 0.6) is 0 Å². The summed E-state index contributed by atoms with van der Waals surface area (Å²) in [6.07, 6.45) is -1.01. The molecule has 1 aliphatic carbocycles. The molecule has 2 aromatic rings. The van der Waals surface area contributed by atoms with E-state index in [4.69, 9.17) is 9.47 Å². The summed E-state index contributed by atoms with van der Waals surface area (Å²) in [5.74, 6) is 0. The molecule has 3 rings (SSSR count). The van der Waals surface area contributed by atoms with Gasteiger partial charge in [0.1, 0.15) is 0 Å². The minimum Gasteiger partial charge on any atom is -0.383 e. The van der Waals surface area contributed by atoms with Crippen LogP contribution in [0.4, 0.5) is 13.2 Å². The number of halogens is 3. The Kier molecular flexibility index (Phi) is 6.35. The fraction of sp³-hybridized carbons (Fsp3) is 0.526. The third-order valence-electron chi connectivity index (χ3n) is 5.19. The van der Waals surface area contributed by atoms with Crippen LogP contribution in [0.15, 0.2) is 35.5 Å². The highest BCUT2D eigenvalue weighted by Gasteiger charge is 2.42. The maximum absolute atomic E-state index is 13.7. The lowest BCUT2D eigenvalue weighted by molar-refractivity contribution is -0.139. The first kappa shape index (κ1) is 21.8. The van der Waals surface area contributed by atoms with Crippen LogP contribution in [0.25, 0.3) is 11.1 Å². The number of sulfone groups is 1. The molecule has 0 N–H and O–H groups in total. The largest absolute Gasteiger partial charge is 0.417 e. The number of methoxy groups -OCH3 is 2. The maximum Gasteiger partial charge on any atom is 0.417 e. The van der Waals surface area contributed by atoms with Gasteiger partial charge in [0.2, 0.25) is 0 Å². The minimum absolute atomic E-state index is 0.199. The van der Waals surface area contributed by atoms with Gasteiger partial charge in [0.05, 0.1) is 41.2 Å². The molecule has 0 saturated heterocycles. The minimum atomic E-state index is -4.80. The van der Waals surface area contributed by atoms with E-state index in [9.17, 15) is 21.6 Å². The first-order valence-electron chi connectivity index (χ1n) is 9.16. The summed E-state index contributed by atoms with van der Waals surface area (Å²) >= 11 is 0. The van der Waals surface area contributed by atoms with Crippen LogP contribution in [0.2, 0.25) is 0 Å². The first-order valence-corrected chi connectivity index (χ1v) is 10.7. The second-order valence-corrected chi connectivity index (χ2v) is 9.23. The quantitative estimate of drug-likeness (QED) is 0.669. The third-order valence-corrected chi connectivity index (χ3v) is 7.47. The van der Waals surface area contributed by atoms with Crippen molar-refractivity contribution in [2.45, 2.75) is 48.2 Å². The molecule has 29 heavy (non-hydrogen) atoms. The second-order valence-electron chi connectivity index (χ2n) is 7.03. The molecule has 1 aromatic carbocycles. The molecule has 0 unspecified atom stereocenters. The van der Waals surface area contributed by atoms with Crippen LogP contribution < -0.4 is 0 Å². The van der Waals surface area contributed by atoms with Crippen LogP contribution >= 0.6 is 0 Å². The second kappa shape index (κ2) is 8.45. The van der Waals surface area contributed by atoms with Gasteiger partial charge in [0.25, 0.3) is 0 Å². The predicted molar refractivity (Wildman–Crippen MR) is 100 cm³/mol. The van der Waals surface area contributed by atoms with E-state index in [-0.39, 0.29) is 24.5 Å². The topological polar surface area (TPSA) is 70.4 Å². The molecule has 0 aliphatic heterocycles. The van der Waals surface area contributed by atoms with Crippen LogP contribution in [0.3, 0.4) is 0 Å². The van der Waals surface area contributed by atoms with Gasteiger partial charge in [-0.2, -0.15) is 18.3 Å². The fourth-order valence-electron chi connectivity index (χ4n) is 3.58. The average Bonchev–Trinajstić information content (AvgIpc) is 3.35. The third kappa shape index (κ3) is 4.65. The van der Waals surface area contributed by atoms with Gasteiger partial charge in [-0.05, 0) is 37.0 Å². The SMILES string of the molecule is COCCn1cc(-c2ccc(S(=O)(=O)[C@@H]3CC[C@H](OC)C3)c(C(F)(F)F)c2)cn1. The molecule has 1 heterocycles. The average molecular weight is 432 g/mol. The number of hydrogen-bond donors (Lipinski definition) is 0. The van der Waals surface area contributed by atoms with E-state index in [1.807, 2.05) is 0 Å². The molecule has 6 nitrogen and oxygen atoms in total. The highest BCUT2D eigenvalue weighted by Crippen LogP contribution is 2.40. The fourth-order valence-corrected chi connectivity index (χ4v) is 5.59. The van der Waals surface area contributed by atoms with Gasteiger partial charge in [-0.3, -0.25) is 4.68 Å². The van der Waals surface area contributed by atoms with E-state index in [0.29, 0.717) is 25.1 Å². The molecule has 160 valence electrons. The van der Waals surface area contributed by atoms with Crippen LogP contribution in [-0.2, 0) is 32.0 Å². The molecule has 1 aromatic heterocycles. The van der Waals surface area contributed by atoms with E-state index in [2.05, 4.69) is 5.10 Å². The predicted octanol–water partition coefficient (Wildman–Crippen LogP) is 3.56. The van der Waals surface area contributed by atoms with E-state index in [1.165, 1.54) is 19.4 Å². The molecule has 1 fully saturated rings. The number of benzene rings is 1. The van der Waals surface area contributed by atoms with Crippen molar-refractivity contribution >= 4 is 9.84 Å². The van der Waals surface area contributed by atoms with Gasteiger partial charge in [-0.15, -0.1) is 0 Å². The van der Waals surface area contributed by atoms with Gasteiger partial charge in [0, 0.05) is 26.0 Å². The Balaban J connectivity index is 1.98. The van der Waals surface area contributed by atoms with Crippen LogP contribution in [0, 0.1) is 0 Å². The number of hydrogen-bond acceptors (Lipinski definition) is 5. The van der Waals surface area contributed by atoms with Crippen molar-refractivity contribution < 1.29 is 31.1 Å². The molecule has 0 radical (unpaired) electrons.